The zero-order valence-electron chi connectivity index (χ0n) is 8.71. The molecule has 0 spiro atoms. The molecule has 0 aromatic heterocycles. The average Bonchev–Trinajstić information content (AvgIpc) is 2.86. The van der Waals surface area contributed by atoms with Crippen LogP contribution in [0.5, 0.6) is 0 Å². The zero-order valence-corrected chi connectivity index (χ0v) is 10.3. The second kappa shape index (κ2) is 3.99. The number of nitrogens with two attached hydrogens (primary N) is 1. The van der Waals surface area contributed by atoms with Gasteiger partial charge in [-0.25, -0.2) is 0 Å². The van der Waals surface area contributed by atoms with E-state index < -0.39 is 9.80 Å². The molecular formula is C12H8N2OS2. The monoisotopic (exact) mass is 260 g/mol. The normalized spacial score (nSPS) is 21.9. The number of rotatable bonds is 1. The third-order valence-corrected chi connectivity index (χ3v) is 5.87. The highest BCUT2D eigenvalue weighted by atomic mass is 33.1. The maximum Gasteiger partial charge on any atom is 0.219 e. The van der Waals surface area contributed by atoms with E-state index in [0.29, 0.717) is 5.57 Å². The molecule has 2 heterocycles. The molecule has 2 N–H and O–H groups in total. The van der Waals surface area contributed by atoms with Crippen LogP contribution in [0.3, 0.4) is 0 Å². The fourth-order valence-corrected chi connectivity index (χ4v) is 5.15. The van der Waals surface area contributed by atoms with Crippen molar-refractivity contribution in [3.8, 4) is 6.07 Å². The Labute approximate surface area is 105 Å². The van der Waals surface area contributed by atoms with E-state index in [9.17, 15) is 0 Å². The number of allylic oxidation sites excluding steroid dienone is 2. The van der Waals surface area contributed by atoms with Crippen molar-refractivity contribution in [1.29, 1.82) is 5.26 Å². The minimum atomic E-state index is -0.439. The largest absolute Gasteiger partial charge is 0.404 e. The van der Waals surface area contributed by atoms with Crippen molar-refractivity contribution in [2.75, 3.05) is 0 Å². The van der Waals surface area contributed by atoms with Gasteiger partial charge in [-0.1, -0.05) is 30.3 Å². The SMILES string of the molecule is N#CC1=C(N)OS2=C1C=C(c1ccccc1)S2. The molecule has 2 aliphatic heterocycles. The molecule has 1 aromatic carbocycles. The molecule has 1 atom stereocenters. The number of hydrogen-bond acceptors (Lipinski definition) is 4. The molecule has 0 saturated carbocycles. The molecule has 17 heavy (non-hydrogen) atoms. The smallest absolute Gasteiger partial charge is 0.219 e. The summed E-state index contributed by atoms with van der Waals surface area (Å²) in [5.41, 5.74) is 7.27. The minimum Gasteiger partial charge on any atom is -0.404 e. The summed E-state index contributed by atoms with van der Waals surface area (Å²) < 4.78 is 5.48. The molecule has 3 nitrogen and oxygen atoms in total. The van der Waals surface area contributed by atoms with E-state index >= 15 is 0 Å². The van der Waals surface area contributed by atoms with Gasteiger partial charge in [0.2, 0.25) is 5.88 Å². The van der Waals surface area contributed by atoms with Crippen molar-refractivity contribution < 1.29 is 4.18 Å². The first kappa shape index (κ1) is 10.5. The molecule has 1 unspecified atom stereocenters. The van der Waals surface area contributed by atoms with Crippen LogP contribution in [0.15, 0.2) is 47.9 Å². The molecular weight excluding hydrogens is 252 g/mol. The Morgan fingerprint density at radius 1 is 1.29 bits per heavy atom. The number of hydrogen-bond donors (Lipinski definition) is 1. The van der Waals surface area contributed by atoms with Crippen LogP contribution in [0.1, 0.15) is 5.56 Å². The van der Waals surface area contributed by atoms with Crippen molar-refractivity contribution in [1.82, 2.24) is 0 Å². The van der Waals surface area contributed by atoms with Gasteiger partial charge in [-0.3, -0.25) is 0 Å². The van der Waals surface area contributed by atoms with E-state index in [1.165, 1.54) is 0 Å². The lowest BCUT2D eigenvalue weighted by Crippen LogP contribution is -2.01. The second-order valence-corrected chi connectivity index (χ2v) is 6.58. The first-order valence-corrected chi connectivity index (χ1v) is 7.43. The van der Waals surface area contributed by atoms with Crippen LogP contribution in [-0.2, 0) is 4.18 Å². The molecule has 0 amide bonds. The van der Waals surface area contributed by atoms with Crippen molar-refractivity contribution in [3.63, 3.8) is 0 Å². The minimum absolute atomic E-state index is 0.252. The van der Waals surface area contributed by atoms with Crippen LogP contribution < -0.4 is 5.73 Å². The third-order valence-electron chi connectivity index (χ3n) is 2.44. The van der Waals surface area contributed by atoms with Gasteiger partial charge in [0.25, 0.3) is 0 Å². The van der Waals surface area contributed by atoms with E-state index in [0.717, 1.165) is 15.3 Å². The number of nitrogens with zero attached hydrogens (tertiary/aromatic N) is 1. The van der Waals surface area contributed by atoms with Crippen LogP contribution in [-0.4, -0.2) is 4.86 Å². The Balaban J connectivity index is 1.98. The lowest BCUT2D eigenvalue weighted by Gasteiger charge is -2.05. The van der Waals surface area contributed by atoms with Gasteiger partial charge in [0.05, 0.1) is 14.7 Å². The van der Waals surface area contributed by atoms with Crippen molar-refractivity contribution in [2.45, 2.75) is 0 Å². The molecule has 0 radical (unpaired) electrons. The predicted octanol–water partition coefficient (Wildman–Crippen LogP) is 2.77. The average molecular weight is 260 g/mol. The van der Waals surface area contributed by atoms with E-state index in [1.807, 2.05) is 36.4 Å². The van der Waals surface area contributed by atoms with E-state index in [4.69, 9.17) is 15.2 Å². The second-order valence-electron chi connectivity index (χ2n) is 3.49. The fourth-order valence-electron chi connectivity index (χ4n) is 1.62. The van der Waals surface area contributed by atoms with E-state index in [-0.39, 0.29) is 5.88 Å². The molecule has 0 bridgehead atoms. The van der Waals surface area contributed by atoms with Gasteiger partial charge in [0.15, 0.2) is 0 Å². The fraction of sp³-hybridized carbons (Fsp3) is 0. The summed E-state index contributed by atoms with van der Waals surface area (Å²) in [6, 6.07) is 12.2. The van der Waals surface area contributed by atoms with Gasteiger partial charge in [-0.2, -0.15) is 5.26 Å². The number of benzene rings is 1. The van der Waals surface area contributed by atoms with Gasteiger partial charge in [-0.15, -0.1) is 0 Å². The highest BCUT2D eigenvalue weighted by molar-refractivity contribution is 8.86. The summed E-state index contributed by atoms with van der Waals surface area (Å²) in [6.07, 6.45) is 2.00. The lowest BCUT2D eigenvalue weighted by molar-refractivity contribution is 0.499. The van der Waals surface area contributed by atoms with Gasteiger partial charge in [0.1, 0.15) is 11.6 Å². The molecule has 2 aliphatic rings. The predicted molar refractivity (Wildman–Crippen MR) is 72.5 cm³/mol. The Bertz CT molecular complexity index is 624. The first-order valence-electron chi connectivity index (χ1n) is 4.95. The van der Waals surface area contributed by atoms with Gasteiger partial charge < -0.3 is 9.92 Å². The Kier molecular flexibility index (Phi) is 2.46. The third kappa shape index (κ3) is 1.66. The molecule has 0 saturated heterocycles. The first-order chi connectivity index (χ1) is 8.29. The summed E-state index contributed by atoms with van der Waals surface area (Å²) in [4.78, 5) is 2.04. The van der Waals surface area contributed by atoms with E-state index in [1.54, 1.807) is 10.8 Å². The van der Waals surface area contributed by atoms with Crippen LogP contribution in [0.4, 0.5) is 0 Å². The summed E-state index contributed by atoms with van der Waals surface area (Å²) >= 11 is 0. The summed E-state index contributed by atoms with van der Waals surface area (Å²) in [7, 11) is 1.17. The van der Waals surface area contributed by atoms with Gasteiger partial charge in [0, 0.05) is 4.91 Å². The van der Waals surface area contributed by atoms with E-state index in [2.05, 4.69) is 6.07 Å². The topological polar surface area (TPSA) is 59.0 Å². The summed E-state index contributed by atoms with van der Waals surface area (Å²) in [6.45, 7) is 0. The quantitative estimate of drug-likeness (QED) is 0.623. The summed E-state index contributed by atoms with van der Waals surface area (Å²) in [5, 5.41) is 9.02. The Hall–Kier alpha value is -1.64. The zero-order chi connectivity index (χ0) is 11.8. The van der Waals surface area contributed by atoms with Crippen molar-refractivity contribution in [2.24, 2.45) is 5.73 Å². The maximum absolute atomic E-state index is 9.02. The Morgan fingerprint density at radius 3 is 2.76 bits per heavy atom. The van der Waals surface area contributed by atoms with Crippen LogP contribution in [0.25, 0.3) is 4.91 Å². The van der Waals surface area contributed by atoms with Crippen LogP contribution >= 0.6 is 20.6 Å². The lowest BCUT2D eigenvalue weighted by atomic mass is 10.1. The molecule has 5 heteroatoms. The number of nitriles is 1. The van der Waals surface area contributed by atoms with Crippen LogP contribution in [0.2, 0.25) is 0 Å². The highest BCUT2D eigenvalue weighted by Crippen LogP contribution is 2.53. The summed E-state index contributed by atoms with van der Waals surface area (Å²) in [5.74, 6) is 0.252. The van der Waals surface area contributed by atoms with Gasteiger partial charge in [-0.05, 0) is 22.4 Å². The molecule has 1 aromatic rings. The van der Waals surface area contributed by atoms with Crippen molar-refractivity contribution >= 4 is 30.4 Å². The van der Waals surface area contributed by atoms with Crippen molar-refractivity contribution in [3.05, 3.63) is 53.4 Å². The maximum atomic E-state index is 9.02. The molecule has 84 valence electrons. The highest BCUT2D eigenvalue weighted by Gasteiger charge is 2.29. The van der Waals surface area contributed by atoms with Gasteiger partial charge >= 0.3 is 0 Å². The molecule has 3 rings (SSSR count). The standard InChI is InChI=1S/C12H8N2OS2/c13-7-9-11-6-10(8-4-2-1-3-5-8)16-17(11)15-12(9)14/h1-6H,14H2. The molecule has 0 fully saturated rings. The van der Waals surface area contributed by atoms with Crippen LogP contribution in [0, 0.1) is 11.3 Å². The molecule has 0 aliphatic carbocycles. The Morgan fingerprint density at radius 2 is 2.06 bits per heavy atom.